The van der Waals surface area contributed by atoms with Crippen LogP contribution in [0.3, 0.4) is 0 Å². The maximum atomic E-state index is 12.3. The van der Waals surface area contributed by atoms with E-state index in [9.17, 15) is 9.59 Å². The summed E-state index contributed by atoms with van der Waals surface area (Å²) in [4.78, 5) is 26.8. The molecule has 0 atom stereocenters. The fraction of sp³-hybridized carbons (Fsp3) is 0.750. The lowest BCUT2D eigenvalue weighted by atomic mass is 9.91. The second kappa shape index (κ2) is 9.05. The molecular formula is C20H30N4O4. The first-order valence-corrected chi connectivity index (χ1v) is 10.5. The number of nitrogens with zero attached hydrogens (tertiary/aromatic N) is 2. The number of carbonyl (C=O) groups excluding carboxylic acids is 2. The maximum Gasteiger partial charge on any atom is 0.273 e. The highest BCUT2D eigenvalue weighted by molar-refractivity contribution is 5.92. The first kappa shape index (κ1) is 19.4. The topological polar surface area (TPSA) is 96.7 Å². The minimum Gasteiger partial charge on any atom is -0.379 e. The minimum atomic E-state index is -0.159. The first-order chi connectivity index (χ1) is 13.7. The Balaban J connectivity index is 1.13. The molecule has 8 nitrogen and oxygen atoms in total. The third-order valence-electron chi connectivity index (χ3n) is 5.93. The van der Waals surface area contributed by atoms with Crippen molar-refractivity contribution < 1.29 is 18.8 Å². The van der Waals surface area contributed by atoms with Crippen molar-refractivity contribution in [3.05, 3.63) is 17.5 Å². The number of morpholine rings is 1. The molecule has 154 valence electrons. The second-order valence-corrected chi connectivity index (χ2v) is 8.18. The van der Waals surface area contributed by atoms with E-state index < -0.39 is 0 Å². The third kappa shape index (κ3) is 5.32. The third-order valence-corrected chi connectivity index (χ3v) is 5.93. The van der Waals surface area contributed by atoms with Gasteiger partial charge in [0.05, 0.1) is 13.2 Å². The lowest BCUT2D eigenvalue weighted by Crippen LogP contribution is -2.45. The minimum absolute atomic E-state index is 0.120. The number of rotatable bonds is 7. The van der Waals surface area contributed by atoms with Crippen LogP contribution in [0, 0.1) is 0 Å². The molecule has 4 rings (SSSR count). The van der Waals surface area contributed by atoms with Crippen molar-refractivity contribution in [3.63, 3.8) is 0 Å². The van der Waals surface area contributed by atoms with Gasteiger partial charge in [-0.1, -0.05) is 5.16 Å². The van der Waals surface area contributed by atoms with E-state index in [2.05, 4.69) is 20.7 Å². The molecule has 3 aliphatic rings. The van der Waals surface area contributed by atoms with Gasteiger partial charge in [-0.3, -0.25) is 14.5 Å². The van der Waals surface area contributed by atoms with Gasteiger partial charge in [0.15, 0.2) is 5.69 Å². The van der Waals surface area contributed by atoms with E-state index in [1.807, 2.05) is 0 Å². The molecule has 2 amide bonds. The predicted octanol–water partition coefficient (Wildman–Crippen LogP) is 1.43. The van der Waals surface area contributed by atoms with Gasteiger partial charge in [0.1, 0.15) is 5.76 Å². The van der Waals surface area contributed by atoms with Gasteiger partial charge in [0.25, 0.3) is 5.91 Å². The van der Waals surface area contributed by atoms with Crippen LogP contribution < -0.4 is 10.6 Å². The normalized spacial score (nSPS) is 26.0. The lowest BCUT2D eigenvalue weighted by molar-refractivity contribution is -0.122. The fourth-order valence-electron chi connectivity index (χ4n) is 3.98. The Labute approximate surface area is 165 Å². The second-order valence-electron chi connectivity index (χ2n) is 8.18. The zero-order valence-electron chi connectivity index (χ0n) is 16.3. The maximum absolute atomic E-state index is 12.3. The number of ether oxygens (including phenoxy) is 1. The highest BCUT2D eigenvalue weighted by atomic mass is 16.5. The molecule has 2 aliphatic carbocycles. The molecule has 0 radical (unpaired) electrons. The first-order valence-electron chi connectivity index (χ1n) is 10.5. The van der Waals surface area contributed by atoms with Crippen LogP contribution in [0.4, 0.5) is 0 Å². The average Bonchev–Trinajstić information content (AvgIpc) is 3.45. The SMILES string of the molecule is O=C(CCN1CCOCC1)N[C@H]1CC[C@H](NC(=O)c2cc(C3CC3)on2)CC1. The highest BCUT2D eigenvalue weighted by Crippen LogP contribution is 2.40. The van der Waals surface area contributed by atoms with Gasteiger partial charge < -0.3 is 19.9 Å². The van der Waals surface area contributed by atoms with Crippen molar-refractivity contribution in [1.29, 1.82) is 0 Å². The molecular weight excluding hydrogens is 360 g/mol. The summed E-state index contributed by atoms with van der Waals surface area (Å²) in [6.45, 7) is 4.12. The molecule has 0 unspecified atom stereocenters. The summed E-state index contributed by atoms with van der Waals surface area (Å²) in [6, 6.07) is 2.11. The quantitative estimate of drug-likeness (QED) is 0.731. The van der Waals surface area contributed by atoms with Crippen LogP contribution in [0.15, 0.2) is 10.6 Å². The van der Waals surface area contributed by atoms with Crippen LogP contribution in [0.5, 0.6) is 0 Å². The highest BCUT2D eigenvalue weighted by Gasteiger charge is 2.30. The van der Waals surface area contributed by atoms with Gasteiger partial charge in [0, 0.05) is 50.1 Å². The zero-order valence-corrected chi connectivity index (χ0v) is 16.3. The zero-order chi connectivity index (χ0) is 19.3. The van der Waals surface area contributed by atoms with Crippen molar-refractivity contribution in [1.82, 2.24) is 20.7 Å². The van der Waals surface area contributed by atoms with Crippen molar-refractivity contribution >= 4 is 11.8 Å². The lowest BCUT2D eigenvalue weighted by Gasteiger charge is -2.30. The van der Waals surface area contributed by atoms with Crippen molar-refractivity contribution in [2.75, 3.05) is 32.8 Å². The van der Waals surface area contributed by atoms with Crippen LogP contribution in [-0.2, 0) is 9.53 Å². The summed E-state index contributed by atoms with van der Waals surface area (Å²) in [5.41, 5.74) is 0.375. The van der Waals surface area contributed by atoms with Crippen LogP contribution in [0.1, 0.15) is 67.1 Å². The number of carbonyl (C=O) groups is 2. The monoisotopic (exact) mass is 390 g/mol. The van der Waals surface area contributed by atoms with Gasteiger partial charge in [-0.2, -0.15) is 0 Å². The van der Waals surface area contributed by atoms with Crippen LogP contribution in [0.2, 0.25) is 0 Å². The largest absolute Gasteiger partial charge is 0.379 e. The molecule has 0 aromatic carbocycles. The van der Waals surface area contributed by atoms with Gasteiger partial charge >= 0.3 is 0 Å². The predicted molar refractivity (Wildman–Crippen MR) is 102 cm³/mol. The molecule has 2 saturated carbocycles. The van der Waals surface area contributed by atoms with Crippen molar-refractivity contribution in [3.8, 4) is 0 Å². The number of nitrogens with one attached hydrogen (secondary N) is 2. The standard InChI is InChI=1S/C20H30N4O4/c25-19(7-8-24-9-11-27-12-10-24)21-15-3-5-16(6-4-15)22-20(26)17-13-18(28-23-17)14-1-2-14/h13-16H,1-12H2,(H,21,25)(H,22,26)/t15-,16-. The fourth-order valence-corrected chi connectivity index (χ4v) is 3.98. The van der Waals surface area contributed by atoms with Gasteiger partial charge in [-0.25, -0.2) is 0 Å². The molecule has 1 aliphatic heterocycles. The average molecular weight is 390 g/mol. The van der Waals surface area contributed by atoms with Crippen molar-refractivity contribution in [2.45, 2.75) is 62.9 Å². The number of aromatic nitrogens is 1. The van der Waals surface area contributed by atoms with E-state index in [4.69, 9.17) is 9.26 Å². The van der Waals surface area contributed by atoms with E-state index in [1.54, 1.807) is 6.07 Å². The molecule has 1 aromatic rings. The van der Waals surface area contributed by atoms with Crippen LogP contribution in [0.25, 0.3) is 0 Å². The van der Waals surface area contributed by atoms with Gasteiger partial charge in [-0.15, -0.1) is 0 Å². The summed E-state index contributed by atoms with van der Waals surface area (Å²) >= 11 is 0. The Morgan fingerprint density at radius 3 is 2.39 bits per heavy atom. The Kier molecular flexibility index (Phi) is 6.26. The van der Waals surface area contributed by atoms with Crippen molar-refractivity contribution in [2.24, 2.45) is 0 Å². The summed E-state index contributed by atoms with van der Waals surface area (Å²) in [7, 11) is 0. The number of amides is 2. The van der Waals surface area contributed by atoms with E-state index in [0.717, 1.165) is 77.1 Å². The summed E-state index contributed by atoms with van der Waals surface area (Å²) < 4.78 is 10.6. The molecule has 2 heterocycles. The van der Waals surface area contributed by atoms with E-state index >= 15 is 0 Å². The smallest absolute Gasteiger partial charge is 0.273 e. The molecule has 2 N–H and O–H groups in total. The number of hydrogen-bond donors (Lipinski definition) is 2. The Bertz CT molecular complexity index is 674. The van der Waals surface area contributed by atoms with E-state index in [-0.39, 0.29) is 23.9 Å². The molecule has 1 saturated heterocycles. The molecule has 28 heavy (non-hydrogen) atoms. The molecule has 8 heteroatoms. The van der Waals surface area contributed by atoms with Gasteiger partial charge in [-0.05, 0) is 38.5 Å². The summed E-state index contributed by atoms with van der Waals surface area (Å²) in [5.74, 6) is 1.24. The molecule has 3 fully saturated rings. The molecule has 1 aromatic heterocycles. The van der Waals surface area contributed by atoms with Crippen LogP contribution in [-0.4, -0.2) is 66.8 Å². The Hall–Kier alpha value is -1.93. The van der Waals surface area contributed by atoms with Gasteiger partial charge in [0.2, 0.25) is 5.91 Å². The Morgan fingerprint density at radius 1 is 1.04 bits per heavy atom. The Morgan fingerprint density at radius 2 is 1.71 bits per heavy atom. The van der Waals surface area contributed by atoms with E-state index in [1.165, 1.54) is 0 Å². The molecule has 0 bridgehead atoms. The molecule has 0 spiro atoms. The summed E-state index contributed by atoms with van der Waals surface area (Å²) in [5, 5.41) is 10.1. The summed E-state index contributed by atoms with van der Waals surface area (Å²) in [6.07, 6.45) is 6.30. The van der Waals surface area contributed by atoms with E-state index in [0.29, 0.717) is 18.0 Å². The number of hydrogen-bond acceptors (Lipinski definition) is 6. The van der Waals surface area contributed by atoms with Crippen LogP contribution >= 0.6 is 0 Å².